The van der Waals surface area contributed by atoms with Gasteiger partial charge in [0.15, 0.2) is 0 Å². The van der Waals surface area contributed by atoms with Crippen molar-refractivity contribution in [3.8, 4) is 0 Å². The fraction of sp³-hybridized carbons (Fsp3) is 0.885. The van der Waals surface area contributed by atoms with Crippen molar-refractivity contribution in [3.05, 3.63) is 0 Å². The van der Waals surface area contributed by atoms with Crippen LogP contribution in [0.4, 0.5) is 0 Å². The zero-order valence-electron chi connectivity index (χ0n) is 21.1. The molecule has 0 aromatic carbocycles. The first-order valence-corrected chi connectivity index (χ1v) is 13.9. The molecule has 3 aliphatic carbocycles. The second-order valence-corrected chi connectivity index (χ2v) is 12.8. The van der Waals surface area contributed by atoms with Gasteiger partial charge in [0, 0.05) is 22.6 Å². The summed E-state index contributed by atoms with van der Waals surface area (Å²) in [5.41, 5.74) is -1.79. The Bertz CT molecular complexity index is 774. The highest BCUT2D eigenvalue weighted by Gasteiger charge is 2.58. The predicted octanol–water partition coefficient (Wildman–Crippen LogP) is 5.06. The zero-order valence-corrected chi connectivity index (χ0v) is 22.6. The molecule has 3 N–H and O–H groups in total. The Morgan fingerprint density at radius 2 is 1.57 bits per heavy atom. The Morgan fingerprint density at radius 1 is 0.971 bits per heavy atom. The summed E-state index contributed by atoms with van der Waals surface area (Å²) in [6.45, 7) is 5.83. The number of aliphatic carboxylic acids is 2. The molecule has 9 heteroatoms. The van der Waals surface area contributed by atoms with Crippen LogP contribution in [0.5, 0.6) is 0 Å². The number of ether oxygens (including phenoxy) is 1. The maximum absolute atomic E-state index is 13.1. The molecule has 7 nitrogen and oxygen atoms in total. The summed E-state index contributed by atoms with van der Waals surface area (Å²) >= 11 is 12.9. The van der Waals surface area contributed by atoms with E-state index in [0.29, 0.717) is 25.9 Å². The summed E-state index contributed by atoms with van der Waals surface area (Å²) in [6, 6.07) is -0.978. The molecule has 3 aliphatic rings. The first-order chi connectivity index (χ1) is 16.4. The summed E-state index contributed by atoms with van der Waals surface area (Å²) in [4.78, 5) is 36.9. The lowest BCUT2D eigenvalue weighted by molar-refractivity contribution is -0.156. The van der Waals surface area contributed by atoms with Gasteiger partial charge in [0.05, 0.1) is 18.1 Å². The maximum atomic E-state index is 13.1. The second-order valence-electron chi connectivity index (χ2n) is 11.7. The number of hydrogen-bond donors (Lipinski definition) is 3. The van der Waals surface area contributed by atoms with Crippen molar-refractivity contribution in [3.63, 3.8) is 0 Å². The Morgan fingerprint density at radius 3 is 2.09 bits per heavy atom. The van der Waals surface area contributed by atoms with Crippen molar-refractivity contribution in [2.45, 2.75) is 108 Å². The van der Waals surface area contributed by atoms with Crippen molar-refractivity contribution in [2.75, 3.05) is 6.61 Å². The molecular weight excluding hydrogens is 493 g/mol. The van der Waals surface area contributed by atoms with E-state index in [0.717, 1.165) is 44.9 Å². The minimum atomic E-state index is -1.05. The number of nitrogens with one attached hydrogen (secondary N) is 1. The van der Waals surface area contributed by atoms with E-state index in [1.807, 2.05) is 0 Å². The third-order valence-corrected chi connectivity index (χ3v) is 10.5. The summed E-state index contributed by atoms with van der Waals surface area (Å²) in [7, 11) is 0. The van der Waals surface area contributed by atoms with E-state index < -0.39 is 34.7 Å². The Kier molecular flexibility index (Phi) is 9.42. The fourth-order valence-electron chi connectivity index (χ4n) is 6.32. The van der Waals surface area contributed by atoms with Gasteiger partial charge < -0.3 is 20.3 Å². The molecule has 0 aromatic rings. The summed E-state index contributed by atoms with van der Waals surface area (Å²) in [5, 5.41) is 22.3. The SMILES string of the molecule is CC1(C)[C@@H](C(=O)N[C@H](CC2CCC(OCC3C(Cl)CCCC3Cl)CC2)C(=O)O)CC[C@@]1(C)C(=O)O. The van der Waals surface area contributed by atoms with Crippen LogP contribution < -0.4 is 5.32 Å². The summed E-state index contributed by atoms with van der Waals surface area (Å²) in [6.07, 6.45) is 7.72. The molecule has 35 heavy (non-hydrogen) atoms. The molecule has 200 valence electrons. The monoisotopic (exact) mass is 533 g/mol. The molecule has 0 spiro atoms. The molecule has 0 radical (unpaired) electrons. The molecule has 0 saturated heterocycles. The van der Waals surface area contributed by atoms with E-state index in [1.54, 1.807) is 20.8 Å². The molecule has 3 fully saturated rings. The first-order valence-electron chi connectivity index (χ1n) is 13.0. The lowest BCUT2D eigenvalue weighted by Gasteiger charge is -2.38. The molecule has 0 aromatic heterocycles. The quantitative estimate of drug-likeness (QED) is 0.357. The van der Waals surface area contributed by atoms with E-state index in [4.69, 9.17) is 27.9 Å². The molecule has 1 amide bonds. The molecular formula is C26H41Cl2NO6. The van der Waals surface area contributed by atoms with Gasteiger partial charge in [-0.1, -0.05) is 20.3 Å². The minimum Gasteiger partial charge on any atom is -0.481 e. The van der Waals surface area contributed by atoms with Gasteiger partial charge in [-0.3, -0.25) is 9.59 Å². The van der Waals surface area contributed by atoms with Gasteiger partial charge in [-0.25, -0.2) is 4.79 Å². The highest BCUT2D eigenvalue weighted by molar-refractivity contribution is 6.24. The largest absolute Gasteiger partial charge is 0.481 e. The fourth-order valence-corrected chi connectivity index (χ4v) is 7.20. The van der Waals surface area contributed by atoms with E-state index in [1.165, 1.54) is 0 Å². The normalized spacial score (nSPS) is 38.0. The minimum absolute atomic E-state index is 0.0562. The van der Waals surface area contributed by atoms with E-state index in [-0.39, 0.29) is 34.6 Å². The Balaban J connectivity index is 1.49. The van der Waals surface area contributed by atoms with Crippen molar-refractivity contribution in [1.29, 1.82) is 0 Å². The highest BCUT2D eigenvalue weighted by atomic mass is 35.5. The number of carboxylic acids is 2. The number of hydrogen-bond acceptors (Lipinski definition) is 4. The van der Waals surface area contributed by atoms with E-state index in [2.05, 4.69) is 5.32 Å². The summed E-state index contributed by atoms with van der Waals surface area (Å²) < 4.78 is 6.15. The lowest BCUT2D eigenvalue weighted by atomic mass is 9.65. The van der Waals surface area contributed by atoms with Crippen LogP contribution in [-0.4, -0.2) is 57.6 Å². The molecule has 0 heterocycles. The van der Waals surface area contributed by atoms with Crippen molar-refractivity contribution in [1.82, 2.24) is 5.32 Å². The molecule has 3 saturated carbocycles. The van der Waals surface area contributed by atoms with Gasteiger partial charge in [-0.05, 0) is 76.0 Å². The molecule has 3 rings (SSSR count). The smallest absolute Gasteiger partial charge is 0.326 e. The zero-order chi connectivity index (χ0) is 26.0. The Hall–Kier alpha value is -1.05. The average molecular weight is 535 g/mol. The predicted molar refractivity (Wildman–Crippen MR) is 135 cm³/mol. The number of amides is 1. The number of rotatable bonds is 9. The maximum Gasteiger partial charge on any atom is 0.326 e. The second kappa shape index (κ2) is 11.6. The van der Waals surface area contributed by atoms with Crippen LogP contribution in [0.2, 0.25) is 0 Å². The third-order valence-electron chi connectivity index (χ3n) is 9.41. The molecule has 2 unspecified atom stereocenters. The van der Waals surface area contributed by atoms with Crippen LogP contribution >= 0.6 is 23.2 Å². The van der Waals surface area contributed by atoms with Crippen LogP contribution in [0.1, 0.15) is 85.0 Å². The summed E-state index contributed by atoms with van der Waals surface area (Å²) in [5.74, 6) is -2.51. The van der Waals surface area contributed by atoms with Gasteiger partial charge >= 0.3 is 11.9 Å². The number of carboxylic acid groups (broad SMARTS) is 2. The van der Waals surface area contributed by atoms with Gasteiger partial charge in [0.1, 0.15) is 6.04 Å². The van der Waals surface area contributed by atoms with Gasteiger partial charge in [0.25, 0.3) is 0 Å². The molecule has 0 aliphatic heterocycles. The number of carbonyl (C=O) groups is 3. The van der Waals surface area contributed by atoms with Crippen LogP contribution in [0.25, 0.3) is 0 Å². The highest BCUT2D eigenvalue weighted by Crippen LogP contribution is 2.56. The van der Waals surface area contributed by atoms with Crippen molar-refractivity contribution in [2.24, 2.45) is 28.6 Å². The topological polar surface area (TPSA) is 113 Å². The molecule has 5 atom stereocenters. The van der Waals surface area contributed by atoms with Gasteiger partial charge in [0.2, 0.25) is 5.91 Å². The first kappa shape index (κ1) is 28.5. The number of alkyl halides is 2. The lowest BCUT2D eigenvalue weighted by Crippen LogP contribution is -2.49. The number of carbonyl (C=O) groups excluding carboxylic acids is 1. The van der Waals surface area contributed by atoms with Crippen LogP contribution in [0.3, 0.4) is 0 Å². The Labute approximate surface area is 218 Å². The van der Waals surface area contributed by atoms with Gasteiger partial charge in [-0.15, -0.1) is 23.2 Å². The average Bonchev–Trinajstić information content (AvgIpc) is 3.03. The van der Waals surface area contributed by atoms with Crippen LogP contribution in [-0.2, 0) is 19.1 Å². The van der Waals surface area contributed by atoms with Crippen molar-refractivity contribution >= 4 is 41.0 Å². The van der Waals surface area contributed by atoms with Gasteiger partial charge in [-0.2, -0.15) is 0 Å². The van der Waals surface area contributed by atoms with Crippen molar-refractivity contribution < 1.29 is 29.3 Å². The standard InChI is InChI=1S/C26H41Cl2NO6/c1-25(2)18(11-12-26(25,3)24(33)34)22(30)29-21(23(31)32)13-15-7-9-16(10-8-15)35-14-17-19(27)5-4-6-20(17)28/h15-21H,4-14H2,1-3H3,(H,29,30)(H,31,32)(H,33,34)/t15?,16?,17?,18-,19?,20?,21-,26+/m1/s1. The van der Waals surface area contributed by atoms with Crippen LogP contribution in [0, 0.1) is 28.6 Å². The van der Waals surface area contributed by atoms with E-state index >= 15 is 0 Å². The van der Waals surface area contributed by atoms with E-state index in [9.17, 15) is 24.6 Å². The third kappa shape index (κ3) is 6.27. The number of halogens is 2. The van der Waals surface area contributed by atoms with Crippen LogP contribution in [0.15, 0.2) is 0 Å². The molecule has 0 bridgehead atoms.